The van der Waals surface area contributed by atoms with Gasteiger partial charge in [-0.3, -0.25) is 9.59 Å². The van der Waals surface area contributed by atoms with Gasteiger partial charge in [0, 0.05) is 19.0 Å². The number of rotatable bonds is 5. The van der Waals surface area contributed by atoms with E-state index in [0.29, 0.717) is 25.3 Å². The Morgan fingerprint density at radius 3 is 2.47 bits per heavy atom. The maximum atomic E-state index is 11.4. The van der Waals surface area contributed by atoms with E-state index in [1.54, 1.807) is 7.85 Å². The van der Waals surface area contributed by atoms with Gasteiger partial charge < -0.3 is 10.6 Å². The average molecular weight is 210 g/mol. The van der Waals surface area contributed by atoms with Crippen molar-refractivity contribution in [3.8, 4) is 0 Å². The largest absolute Gasteiger partial charge is 0.356 e. The van der Waals surface area contributed by atoms with Crippen LogP contribution in [0.2, 0.25) is 6.32 Å². The Bertz CT molecular complexity index is 227. The molecule has 15 heavy (non-hydrogen) atoms. The summed E-state index contributed by atoms with van der Waals surface area (Å²) in [6.45, 7) is 0.450. The molecule has 0 atom stereocenters. The Morgan fingerprint density at radius 2 is 1.87 bits per heavy atom. The number of hydrogen-bond donors (Lipinski definition) is 2. The average Bonchev–Trinajstić information content (AvgIpc) is 2.70. The lowest BCUT2D eigenvalue weighted by molar-refractivity contribution is -0.122. The van der Waals surface area contributed by atoms with E-state index in [4.69, 9.17) is 0 Å². The second-order valence-corrected chi connectivity index (χ2v) is 4.00. The van der Waals surface area contributed by atoms with Crippen molar-refractivity contribution in [1.29, 1.82) is 0 Å². The van der Waals surface area contributed by atoms with E-state index in [-0.39, 0.29) is 11.8 Å². The summed E-state index contributed by atoms with van der Waals surface area (Å²) < 4.78 is 0. The zero-order valence-corrected chi connectivity index (χ0v) is 9.34. The molecular formula is C10H19BN2O2. The van der Waals surface area contributed by atoms with Gasteiger partial charge in [0.15, 0.2) is 0 Å². The molecule has 0 aromatic carbocycles. The van der Waals surface area contributed by atoms with E-state index in [1.165, 1.54) is 12.8 Å². The standard InChI is InChI=1S/C10H19BN2O2/c11-7-10(15)12-6-5-9(14)13-8-3-1-2-4-8/h8H,1-7,11H2,(H,12,15)(H,13,14). The molecule has 2 N–H and O–H groups in total. The first-order chi connectivity index (χ1) is 7.22. The number of carbonyl (C=O) groups excluding carboxylic acids is 2. The SMILES string of the molecule is BCC(=O)NCCC(=O)NC1CCCC1. The number of hydrogen-bond acceptors (Lipinski definition) is 2. The van der Waals surface area contributed by atoms with Gasteiger partial charge in [-0.25, -0.2) is 0 Å². The van der Waals surface area contributed by atoms with Crippen LogP contribution >= 0.6 is 0 Å². The summed E-state index contributed by atoms with van der Waals surface area (Å²) in [5.41, 5.74) is 0. The molecule has 0 spiro atoms. The molecule has 1 aliphatic carbocycles. The van der Waals surface area contributed by atoms with Gasteiger partial charge in [0.25, 0.3) is 0 Å². The van der Waals surface area contributed by atoms with Gasteiger partial charge in [-0.2, -0.15) is 0 Å². The summed E-state index contributed by atoms with van der Waals surface area (Å²) in [6.07, 6.45) is 5.52. The molecule has 1 rings (SSSR count). The topological polar surface area (TPSA) is 58.2 Å². The van der Waals surface area contributed by atoms with Gasteiger partial charge in [-0.15, -0.1) is 0 Å². The Kier molecular flexibility index (Phi) is 5.22. The van der Waals surface area contributed by atoms with Crippen molar-refractivity contribution in [2.24, 2.45) is 0 Å². The van der Waals surface area contributed by atoms with Crippen LogP contribution in [0.25, 0.3) is 0 Å². The normalized spacial score (nSPS) is 16.3. The van der Waals surface area contributed by atoms with Crippen LogP contribution in [0.5, 0.6) is 0 Å². The van der Waals surface area contributed by atoms with Crippen molar-refractivity contribution in [2.75, 3.05) is 6.54 Å². The smallest absolute Gasteiger partial charge is 0.221 e. The zero-order valence-electron chi connectivity index (χ0n) is 9.34. The van der Waals surface area contributed by atoms with Gasteiger partial charge >= 0.3 is 0 Å². The third-order valence-corrected chi connectivity index (χ3v) is 2.72. The van der Waals surface area contributed by atoms with Crippen LogP contribution in [0, 0.1) is 0 Å². The van der Waals surface area contributed by atoms with Crippen LogP contribution in [0.4, 0.5) is 0 Å². The Morgan fingerprint density at radius 1 is 1.20 bits per heavy atom. The first-order valence-electron chi connectivity index (χ1n) is 5.78. The lowest BCUT2D eigenvalue weighted by Gasteiger charge is -2.11. The predicted octanol–water partition coefficient (Wildman–Crippen LogP) is -0.397. The van der Waals surface area contributed by atoms with Crippen molar-refractivity contribution in [3.05, 3.63) is 0 Å². The van der Waals surface area contributed by atoms with Crippen molar-refractivity contribution in [1.82, 2.24) is 10.6 Å². The molecule has 5 heteroatoms. The van der Waals surface area contributed by atoms with E-state index >= 15 is 0 Å². The highest BCUT2D eigenvalue weighted by molar-refractivity contribution is 6.19. The minimum atomic E-state index is 0.00339. The van der Waals surface area contributed by atoms with E-state index in [0.717, 1.165) is 12.8 Å². The molecule has 4 nitrogen and oxygen atoms in total. The van der Waals surface area contributed by atoms with Gasteiger partial charge in [0.2, 0.25) is 11.8 Å². The molecule has 84 valence electrons. The van der Waals surface area contributed by atoms with Crippen molar-refractivity contribution >= 4 is 19.7 Å². The first-order valence-corrected chi connectivity index (χ1v) is 5.78. The van der Waals surface area contributed by atoms with Crippen molar-refractivity contribution in [2.45, 2.75) is 44.5 Å². The Hall–Kier alpha value is -0.995. The van der Waals surface area contributed by atoms with E-state index in [1.807, 2.05) is 0 Å². The molecule has 1 aliphatic rings. The third kappa shape index (κ3) is 4.86. The van der Waals surface area contributed by atoms with Crippen LogP contribution in [0.1, 0.15) is 32.1 Å². The van der Waals surface area contributed by atoms with Crippen LogP contribution < -0.4 is 10.6 Å². The van der Waals surface area contributed by atoms with Crippen LogP contribution in [-0.4, -0.2) is 32.2 Å². The Balaban J connectivity index is 2.05. The molecule has 2 amide bonds. The summed E-state index contributed by atoms with van der Waals surface area (Å²) in [5, 5.41) is 5.67. The maximum Gasteiger partial charge on any atom is 0.221 e. The molecule has 0 radical (unpaired) electrons. The minimum absolute atomic E-state index is 0.00339. The molecule has 0 aliphatic heterocycles. The fourth-order valence-corrected chi connectivity index (χ4v) is 1.81. The summed E-state index contributed by atoms with van der Waals surface area (Å²) in [4.78, 5) is 22.3. The molecule has 0 saturated heterocycles. The number of amides is 2. The van der Waals surface area contributed by atoms with E-state index < -0.39 is 0 Å². The highest BCUT2D eigenvalue weighted by Crippen LogP contribution is 2.17. The van der Waals surface area contributed by atoms with Crippen LogP contribution in [0.15, 0.2) is 0 Å². The van der Waals surface area contributed by atoms with E-state index in [2.05, 4.69) is 10.6 Å². The molecule has 0 unspecified atom stereocenters. The second-order valence-electron chi connectivity index (χ2n) is 4.00. The monoisotopic (exact) mass is 210 g/mol. The molecule has 0 bridgehead atoms. The fourth-order valence-electron chi connectivity index (χ4n) is 1.81. The second kappa shape index (κ2) is 6.48. The molecular weight excluding hydrogens is 191 g/mol. The summed E-state index contributed by atoms with van der Waals surface area (Å²) >= 11 is 0. The zero-order chi connectivity index (χ0) is 11.1. The lowest BCUT2D eigenvalue weighted by Crippen LogP contribution is -2.35. The molecule has 0 aromatic heterocycles. The fraction of sp³-hybridized carbons (Fsp3) is 0.800. The summed E-state index contributed by atoms with van der Waals surface area (Å²) in [5.74, 6) is 0.0574. The maximum absolute atomic E-state index is 11.4. The van der Waals surface area contributed by atoms with Crippen molar-refractivity contribution < 1.29 is 9.59 Å². The van der Waals surface area contributed by atoms with Gasteiger partial charge in [-0.1, -0.05) is 12.8 Å². The highest BCUT2D eigenvalue weighted by Gasteiger charge is 2.16. The first kappa shape index (κ1) is 12.1. The third-order valence-electron chi connectivity index (χ3n) is 2.72. The molecule has 0 aromatic rings. The van der Waals surface area contributed by atoms with Gasteiger partial charge in [-0.05, 0) is 19.2 Å². The summed E-state index contributed by atoms with van der Waals surface area (Å²) in [7, 11) is 1.80. The molecule has 1 saturated carbocycles. The lowest BCUT2D eigenvalue weighted by atomic mass is 10.1. The van der Waals surface area contributed by atoms with Gasteiger partial charge in [0.1, 0.15) is 7.85 Å². The van der Waals surface area contributed by atoms with Gasteiger partial charge in [0.05, 0.1) is 0 Å². The number of carbonyl (C=O) groups is 2. The predicted molar refractivity (Wildman–Crippen MR) is 61.4 cm³/mol. The highest BCUT2D eigenvalue weighted by atomic mass is 16.2. The van der Waals surface area contributed by atoms with E-state index in [9.17, 15) is 9.59 Å². The van der Waals surface area contributed by atoms with Crippen molar-refractivity contribution in [3.63, 3.8) is 0 Å². The molecule has 0 heterocycles. The van der Waals surface area contributed by atoms with Crippen LogP contribution in [-0.2, 0) is 9.59 Å². The quantitative estimate of drug-likeness (QED) is 0.607. The Labute approximate surface area is 91.6 Å². The minimum Gasteiger partial charge on any atom is -0.356 e. The number of nitrogens with one attached hydrogen (secondary N) is 2. The summed E-state index contributed by atoms with van der Waals surface area (Å²) in [6, 6.07) is 0.374. The van der Waals surface area contributed by atoms with Crippen LogP contribution in [0.3, 0.4) is 0 Å². The molecule has 1 fully saturated rings.